The first kappa shape index (κ1) is 12.0. The molecule has 0 atom stereocenters. The Morgan fingerprint density at radius 3 is 2.53 bits per heavy atom. The van der Waals surface area contributed by atoms with Crippen molar-refractivity contribution in [1.82, 2.24) is 9.78 Å². The van der Waals surface area contributed by atoms with Crippen LogP contribution in [0.15, 0.2) is 35.4 Å². The molecule has 90 valence electrons. The third-order valence-electron chi connectivity index (χ3n) is 2.20. The lowest BCUT2D eigenvalue weighted by Crippen LogP contribution is -2.02. The molecule has 5 heteroatoms. The van der Waals surface area contributed by atoms with Crippen LogP contribution in [0.1, 0.15) is 13.8 Å². The van der Waals surface area contributed by atoms with Crippen LogP contribution in [0.25, 0.3) is 5.69 Å². The van der Waals surface area contributed by atoms with Crippen molar-refractivity contribution >= 4 is 17.6 Å². The third kappa shape index (κ3) is 2.61. The highest BCUT2D eigenvalue weighted by atomic mass is 32.2. The number of nitrogen functional groups attached to an aromatic ring is 1. The zero-order valence-electron chi connectivity index (χ0n) is 9.72. The number of rotatable bonds is 3. The van der Waals surface area contributed by atoms with Crippen molar-refractivity contribution in [1.29, 1.82) is 0 Å². The van der Waals surface area contributed by atoms with Gasteiger partial charge in [0.15, 0.2) is 0 Å². The van der Waals surface area contributed by atoms with Crippen LogP contribution in [0.2, 0.25) is 0 Å². The Morgan fingerprint density at radius 1 is 1.29 bits per heavy atom. The van der Waals surface area contributed by atoms with Crippen LogP contribution < -0.4 is 5.73 Å². The molecule has 0 spiro atoms. The fourth-order valence-corrected chi connectivity index (χ4v) is 2.30. The molecule has 0 saturated heterocycles. The molecule has 2 rings (SSSR count). The van der Waals surface area contributed by atoms with Gasteiger partial charge >= 0.3 is 0 Å². The summed E-state index contributed by atoms with van der Waals surface area (Å²) >= 11 is 1.66. The number of nitrogens with zero attached hydrogens (tertiary/aromatic N) is 2. The molecule has 2 aromatic rings. The third-order valence-corrected chi connectivity index (χ3v) is 3.24. The van der Waals surface area contributed by atoms with Crippen LogP contribution in [-0.4, -0.2) is 15.0 Å². The smallest absolute Gasteiger partial charge is 0.140 e. The fraction of sp³-hybridized carbons (Fsp3) is 0.250. The summed E-state index contributed by atoms with van der Waals surface area (Å²) in [6, 6.07) is 6.10. The second-order valence-corrected chi connectivity index (χ2v) is 5.57. The molecule has 2 N–H and O–H groups in total. The van der Waals surface area contributed by atoms with Crippen LogP contribution in [0.3, 0.4) is 0 Å². The molecule has 0 bridgehead atoms. The summed E-state index contributed by atoms with van der Waals surface area (Å²) in [5.74, 6) is 0.326. The van der Waals surface area contributed by atoms with E-state index in [0.29, 0.717) is 11.1 Å². The highest BCUT2D eigenvalue weighted by Gasteiger charge is 2.10. The van der Waals surface area contributed by atoms with Gasteiger partial charge in [-0.25, -0.2) is 9.07 Å². The average Bonchev–Trinajstić information content (AvgIpc) is 2.61. The molecule has 1 aromatic heterocycles. The number of halogens is 1. The van der Waals surface area contributed by atoms with Gasteiger partial charge in [-0.15, -0.1) is 11.8 Å². The number of benzene rings is 1. The first-order chi connectivity index (χ1) is 8.08. The van der Waals surface area contributed by atoms with Crippen molar-refractivity contribution in [3.8, 4) is 5.69 Å². The van der Waals surface area contributed by atoms with E-state index in [0.717, 1.165) is 10.6 Å². The average molecular weight is 251 g/mol. The van der Waals surface area contributed by atoms with Crippen LogP contribution in [0.4, 0.5) is 10.2 Å². The lowest BCUT2D eigenvalue weighted by molar-refractivity contribution is 0.627. The number of nitrogens with two attached hydrogens (primary N) is 1. The first-order valence-electron chi connectivity index (χ1n) is 5.34. The van der Waals surface area contributed by atoms with Crippen LogP contribution >= 0.6 is 11.8 Å². The maximum Gasteiger partial charge on any atom is 0.140 e. The summed E-state index contributed by atoms with van der Waals surface area (Å²) in [7, 11) is 0. The van der Waals surface area contributed by atoms with E-state index in [9.17, 15) is 4.39 Å². The van der Waals surface area contributed by atoms with Crippen molar-refractivity contribution in [2.75, 3.05) is 5.73 Å². The van der Waals surface area contributed by atoms with E-state index in [1.807, 2.05) is 0 Å². The predicted octanol–water partition coefficient (Wildman–Crippen LogP) is 3.09. The van der Waals surface area contributed by atoms with Gasteiger partial charge in [0.2, 0.25) is 0 Å². The molecular weight excluding hydrogens is 237 g/mol. The molecule has 0 radical (unpaired) electrons. The summed E-state index contributed by atoms with van der Waals surface area (Å²) in [6.07, 6.45) is 1.74. The topological polar surface area (TPSA) is 43.8 Å². The normalized spacial score (nSPS) is 11.1. The van der Waals surface area contributed by atoms with E-state index in [-0.39, 0.29) is 5.82 Å². The Labute approximate surface area is 104 Å². The number of aromatic nitrogens is 2. The SMILES string of the molecule is CC(C)Sc1cnn(-c2ccc(F)cc2)c1N. The van der Waals surface area contributed by atoms with Crippen molar-refractivity contribution in [2.24, 2.45) is 0 Å². The number of hydrogen-bond acceptors (Lipinski definition) is 3. The van der Waals surface area contributed by atoms with Crippen LogP contribution in [0.5, 0.6) is 0 Å². The van der Waals surface area contributed by atoms with Gasteiger partial charge in [-0.2, -0.15) is 5.10 Å². The molecule has 0 amide bonds. The second-order valence-electron chi connectivity index (χ2n) is 3.95. The van der Waals surface area contributed by atoms with E-state index in [4.69, 9.17) is 5.73 Å². The minimum Gasteiger partial charge on any atom is -0.383 e. The van der Waals surface area contributed by atoms with Gasteiger partial charge in [0.05, 0.1) is 16.8 Å². The standard InChI is InChI=1S/C12H14FN3S/c1-8(2)17-11-7-15-16(12(11)14)10-5-3-9(13)4-6-10/h3-8H,14H2,1-2H3. The molecule has 17 heavy (non-hydrogen) atoms. The Kier molecular flexibility index (Phi) is 3.38. The largest absolute Gasteiger partial charge is 0.383 e. The Hall–Kier alpha value is -1.49. The molecule has 0 fully saturated rings. The molecule has 1 heterocycles. The highest BCUT2D eigenvalue weighted by Crippen LogP contribution is 2.29. The molecule has 0 aliphatic carbocycles. The minimum atomic E-state index is -0.267. The number of anilines is 1. The molecule has 3 nitrogen and oxygen atoms in total. The fourth-order valence-electron chi connectivity index (χ4n) is 1.48. The van der Waals surface area contributed by atoms with E-state index in [2.05, 4.69) is 18.9 Å². The van der Waals surface area contributed by atoms with E-state index >= 15 is 0 Å². The van der Waals surface area contributed by atoms with Gasteiger partial charge in [-0.3, -0.25) is 0 Å². The van der Waals surface area contributed by atoms with Gasteiger partial charge in [0.25, 0.3) is 0 Å². The molecule has 0 aliphatic heterocycles. The molecule has 1 aromatic carbocycles. The van der Waals surface area contributed by atoms with Gasteiger partial charge in [-0.1, -0.05) is 13.8 Å². The molecule has 0 saturated carbocycles. The van der Waals surface area contributed by atoms with Gasteiger partial charge in [-0.05, 0) is 24.3 Å². The van der Waals surface area contributed by atoms with Crippen molar-refractivity contribution in [2.45, 2.75) is 24.0 Å². The lowest BCUT2D eigenvalue weighted by atomic mass is 10.3. The minimum absolute atomic E-state index is 0.267. The molecule has 0 unspecified atom stereocenters. The maximum absolute atomic E-state index is 12.8. The second kappa shape index (κ2) is 4.79. The number of thioether (sulfide) groups is 1. The summed E-state index contributed by atoms with van der Waals surface area (Å²) in [4.78, 5) is 0.948. The molecule has 0 aliphatic rings. The first-order valence-corrected chi connectivity index (χ1v) is 6.22. The van der Waals surface area contributed by atoms with Crippen molar-refractivity contribution < 1.29 is 4.39 Å². The zero-order chi connectivity index (χ0) is 12.4. The Balaban J connectivity index is 2.33. The maximum atomic E-state index is 12.8. The summed E-state index contributed by atoms with van der Waals surface area (Å²) < 4.78 is 14.4. The van der Waals surface area contributed by atoms with E-state index < -0.39 is 0 Å². The Morgan fingerprint density at radius 2 is 1.94 bits per heavy atom. The predicted molar refractivity (Wildman–Crippen MR) is 68.9 cm³/mol. The van der Waals surface area contributed by atoms with E-state index in [1.54, 1.807) is 34.8 Å². The number of hydrogen-bond donors (Lipinski definition) is 1. The van der Waals surface area contributed by atoms with Gasteiger partial charge in [0.1, 0.15) is 11.6 Å². The molecular formula is C12H14FN3S. The summed E-state index contributed by atoms with van der Waals surface area (Å²) in [5, 5.41) is 4.66. The monoisotopic (exact) mass is 251 g/mol. The van der Waals surface area contributed by atoms with E-state index in [1.165, 1.54) is 12.1 Å². The summed E-state index contributed by atoms with van der Waals surface area (Å²) in [5.41, 5.74) is 6.77. The van der Waals surface area contributed by atoms with Crippen molar-refractivity contribution in [3.05, 3.63) is 36.3 Å². The summed E-state index contributed by atoms with van der Waals surface area (Å²) in [6.45, 7) is 4.19. The van der Waals surface area contributed by atoms with Crippen LogP contribution in [-0.2, 0) is 0 Å². The zero-order valence-corrected chi connectivity index (χ0v) is 10.5. The lowest BCUT2D eigenvalue weighted by Gasteiger charge is -2.06. The Bertz CT molecular complexity index is 505. The van der Waals surface area contributed by atoms with Crippen LogP contribution in [0, 0.1) is 5.82 Å². The van der Waals surface area contributed by atoms with Crippen molar-refractivity contribution in [3.63, 3.8) is 0 Å². The van der Waals surface area contributed by atoms with Gasteiger partial charge < -0.3 is 5.73 Å². The van der Waals surface area contributed by atoms with Gasteiger partial charge in [0, 0.05) is 5.25 Å². The quantitative estimate of drug-likeness (QED) is 0.852. The highest BCUT2D eigenvalue weighted by molar-refractivity contribution is 8.00.